The largest absolute Gasteiger partial charge is 0.401 e. The lowest BCUT2D eigenvalue weighted by atomic mass is 10.3. The molecule has 0 amide bonds. The number of aromatic nitrogens is 1. The maximum atomic E-state index is 12.5. The van der Waals surface area contributed by atoms with Crippen LogP contribution in [0.4, 0.5) is 18.9 Å². The van der Waals surface area contributed by atoms with Gasteiger partial charge in [0.15, 0.2) is 0 Å². The second-order valence-corrected chi connectivity index (χ2v) is 4.82. The van der Waals surface area contributed by atoms with Crippen molar-refractivity contribution in [3.63, 3.8) is 0 Å². The van der Waals surface area contributed by atoms with Gasteiger partial charge in [-0.25, -0.2) is 0 Å². The monoisotopic (exact) mass is 273 g/mol. The summed E-state index contributed by atoms with van der Waals surface area (Å²) in [6.07, 6.45) is -0.820. The molecule has 1 aromatic rings. The van der Waals surface area contributed by atoms with Crippen LogP contribution in [0.25, 0.3) is 0 Å². The van der Waals surface area contributed by atoms with Crippen LogP contribution in [0.5, 0.6) is 0 Å². The van der Waals surface area contributed by atoms with E-state index in [1.165, 1.54) is 4.90 Å². The van der Waals surface area contributed by atoms with Gasteiger partial charge in [0.2, 0.25) is 0 Å². The number of alkyl halides is 3. The molecule has 0 aromatic carbocycles. The summed E-state index contributed by atoms with van der Waals surface area (Å²) in [5.74, 6) is 0. The van der Waals surface area contributed by atoms with Crippen LogP contribution in [0.15, 0.2) is 18.3 Å². The first kappa shape index (κ1) is 14.1. The maximum Gasteiger partial charge on any atom is 0.401 e. The van der Waals surface area contributed by atoms with Crippen LogP contribution < -0.4 is 5.32 Å². The Morgan fingerprint density at radius 2 is 2.16 bits per heavy atom. The molecule has 0 aliphatic heterocycles. The van der Waals surface area contributed by atoms with Gasteiger partial charge in [0.1, 0.15) is 0 Å². The van der Waals surface area contributed by atoms with E-state index in [0.29, 0.717) is 5.69 Å². The van der Waals surface area contributed by atoms with E-state index in [-0.39, 0.29) is 12.6 Å². The Kier molecular flexibility index (Phi) is 4.29. The number of halogens is 3. The molecule has 0 bridgehead atoms. The summed E-state index contributed by atoms with van der Waals surface area (Å²) in [6.45, 7) is 2.15. The van der Waals surface area contributed by atoms with Crippen molar-refractivity contribution in [3.8, 4) is 0 Å². The molecule has 1 fully saturated rings. The third kappa shape index (κ3) is 4.70. The predicted molar refractivity (Wildman–Crippen MR) is 67.9 cm³/mol. The molecule has 1 heterocycles. The van der Waals surface area contributed by atoms with Crippen molar-refractivity contribution in [2.75, 3.05) is 18.4 Å². The van der Waals surface area contributed by atoms with E-state index in [1.807, 2.05) is 19.1 Å². The number of rotatable bonds is 6. The highest BCUT2D eigenvalue weighted by atomic mass is 19.4. The van der Waals surface area contributed by atoms with E-state index in [1.54, 1.807) is 6.20 Å². The van der Waals surface area contributed by atoms with Gasteiger partial charge in [0, 0.05) is 31.0 Å². The summed E-state index contributed by atoms with van der Waals surface area (Å²) >= 11 is 0. The normalized spacial score (nSPS) is 15.8. The number of nitrogens with zero attached hydrogens (tertiary/aromatic N) is 2. The highest BCUT2D eigenvalue weighted by Crippen LogP contribution is 2.31. The van der Waals surface area contributed by atoms with Crippen molar-refractivity contribution in [2.24, 2.45) is 0 Å². The average molecular weight is 273 g/mol. The third-order valence-corrected chi connectivity index (χ3v) is 3.01. The van der Waals surface area contributed by atoms with E-state index in [4.69, 9.17) is 0 Å². The topological polar surface area (TPSA) is 28.2 Å². The molecule has 0 spiro atoms. The van der Waals surface area contributed by atoms with E-state index in [9.17, 15) is 13.2 Å². The molecule has 106 valence electrons. The van der Waals surface area contributed by atoms with Gasteiger partial charge in [-0.1, -0.05) is 0 Å². The molecule has 1 aliphatic rings. The number of hydrogen-bond donors (Lipinski definition) is 1. The predicted octanol–water partition coefficient (Wildman–Crippen LogP) is 3.04. The summed E-state index contributed by atoms with van der Waals surface area (Å²) in [7, 11) is 0. The van der Waals surface area contributed by atoms with E-state index >= 15 is 0 Å². The zero-order valence-electron chi connectivity index (χ0n) is 10.9. The number of anilines is 1. The molecule has 1 aliphatic carbocycles. The third-order valence-electron chi connectivity index (χ3n) is 3.01. The van der Waals surface area contributed by atoms with Gasteiger partial charge in [0.25, 0.3) is 0 Å². The summed E-state index contributed by atoms with van der Waals surface area (Å²) in [5.41, 5.74) is 1.57. The Morgan fingerprint density at radius 1 is 1.42 bits per heavy atom. The van der Waals surface area contributed by atoms with Gasteiger partial charge in [-0.05, 0) is 31.9 Å². The smallest absolute Gasteiger partial charge is 0.385 e. The van der Waals surface area contributed by atoms with Gasteiger partial charge >= 0.3 is 6.18 Å². The molecule has 2 rings (SSSR count). The fourth-order valence-electron chi connectivity index (χ4n) is 2.07. The van der Waals surface area contributed by atoms with Crippen LogP contribution in [-0.2, 0) is 6.54 Å². The Morgan fingerprint density at radius 3 is 2.74 bits per heavy atom. The molecule has 3 nitrogen and oxygen atoms in total. The van der Waals surface area contributed by atoms with Gasteiger partial charge in [-0.15, -0.1) is 0 Å². The number of pyridine rings is 1. The summed E-state index contributed by atoms with van der Waals surface area (Å²) in [6, 6.07) is 3.69. The highest BCUT2D eigenvalue weighted by Gasteiger charge is 2.38. The summed E-state index contributed by atoms with van der Waals surface area (Å²) < 4.78 is 37.6. The van der Waals surface area contributed by atoms with Crippen LogP contribution in [0.3, 0.4) is 0 Å². The summed E-state index contributed by atoms with van der Waals surface area (Å²) in [5, 5.41) is 3.13. The molecular weight excluding hydrogens is 255 g/mol. The molecular formula is C13H18F3N3. The van der Waals surface area contributed by atoms with Crippen molar-refractivity contribution in [1.29, 1.82) is 0 Å². The van der Waals surface area contributed by atoms with E-state index in [0.717, 1.165) is 25.1 Å². The second-order valence-electron chi connectivity index (χ2n) is 4.82. The first-order valence-corrected chi connectivity index (χ1v) is 6.47. The SMILES string of the molecule is CCNc1ccnc(CN(CC(F)(F)F)C2CC2)c1. The molecule has 1 aromatic heterocycles. The van der Waals surface area contributed by atoms with Gasteiger partial charge in [-0.3, -0.25) is 9.88 Å². The highest BCUT2D eigenvalue weighted by molar-refractivity contribution is 5.42. The first-order valence-electron chi connectivity index (χ1n) is 6.47. The first-order chi connectivity index (χ1) is 8.98. The fraction of sp³-hybridized carbons (Fsp3) is 0.615. The van der Waals surface area contributed by atoms with E-state index in [2.05, 4.69) is 10.3 Å². The molecule has 1 saturated carbocycles. The molecule has 19 heavy (non-hydrogen) atoms. The molecule has 0 atom stereocenters. The molecule has 0 saturated heterocycles. The Balaban J connectivity index is 2.02. The number of nitrogens with one attached hydrogen (secondary N) is 1. The van der Waals surface area contributed by atoms with E-state index < -0.39 is 12.7 Å². The van der Waals surface area contributed by atoms with Crippen LogP contribution in [0, 0.1) is 0 Å². The maximum absolute atomic E-state index is 12.5. The summed E-state index contributed by atoms with van der Waals surface area (Å²) in [4.78, 5) is 5.62. The quantitative estimate of drug-likeness (QED) is 0.863. The number of hydrogen-bond acceptors (Lipinski definition) is 3. The van der Waals surface area contributed by atoms with Gasteiger partial charge in [-0.2, -0.15) is 13.2 Å². The minimum atomic E-state index is -4.15. The molecule has 1 N–H and O–H groups in total. The van der Waals surface area contributed by atoms with Crippen molar-refractivity contribution in [1.82, 2.24) is 9.88 Å². The standard InChI is InChI=1S/C13H18F3N3/c1-2-17-10-5-6-18-11(7-10)8-19(12-3-4-12)9-13(14,15)16/h5-7,12H,2-4,8-9H2,1H3,(H,17,18). The van der Waals surface area contributed by atoms with Crippen LogP contribution >= 0.6 is 0 Å². The minimum Gasteiger partial charge on any atom is -0.385 e. The van der Waals surface area contributed by atoms with Crippen molar-refractivity contribution < 1.29 is 13.2 Å². The van der Waals surface area contributed by atoms with Crippen LogP contribution in [-0.4, -0.2) is 35.2 Å². The van der Waals surface area contributed by atoms with Gasteiger partial charge in [0.05, 0.1) is 12.2 Å². The fourth-order valence-corrected chi connectivity index (χ4v) is 2.07. The van der Waals surface area contributed by atoms with Gasteiger partial charge < -0.3 is 5.32 Å². The van der Waals surface area contributed by atoms with Crippen molar-refractivity contribution >= 4 is 5.69 Å². The van der Waals surface area contributed by atoms with Crippen LogP contribution in [0.1, 0.15) is 25.5 Å². The zero-order chi connectivity index (χ0) is 13.9. The Labute approximate surface area is 110 Å². The molecule has 0 radical (unpaired) electrons. The molecule has 6 heteroatoms. The minimum absolute atomic E-state index is 0.0613. The van der Waals surface area contributed by atoms with Crippen molar-refractivity contribution in [3.05, 3.63) is 24.0 Å². The molecule has 0 unspecified atom stereocenters. The Bertz CT molecular complexity index is 416. The zero-order valence-corrected chi connectivity index (χ0v) is 10.9. The lowest BCUT2D eigenvalue weighted by Gasteiger charge is -2.23. The Hall–Kier alpha value is -1.30. The lowest BCUT2D eigenvalue weighted by molar-refractivity contribution is -0.148. The second kappa shape index (κ2) is 5.77. The average Bonchev–Trinajstić information content (AvgIpc) is 3.11. The van der Waals surface area contributed by atoms with Crippen LogP contribution in [0.2, 0.25) is 0 Å². The van der Waals surface area contributed by atoms with Crippen molar-refractivity contribution in [2.45, 2.75) is 38.5 Å². The lowest BCUT2D eigenvalue weighted by Crippen LogP contribution is -2.35.